The van der Waals surface area contributed by atoms with Crippen molar-refractivity contribution in [2.45, 2.75) is 18.7 Å². The Morgan fingerprint density at radius 1 is 1.69 bits per heavy atom. The van der Waals surface area contributed by atoms with Crippen LogP contribution >= 0.6 is 15.9 Å². The predicted octanol–water partition coefficient (Wildman–Crippen LogP) is 2.08. The molecule has 0 aromatic heterocycles. The molecule has 0 aromatic carbocycles. The molecule has 4 nitrogen and oxygen atoms in total. The molecule has 0 N–H and O–H groups in total. The van der Waals surface area contributed by atoms with Crippen LogP contribution in [0.25, 0.3) is 0 Å². The zero-order chi connectivity index (χ0) is 10.5. The van der Waals surface area contributed by atoms with Crippen molar-refractivity contribution in [2.75, 3.05) is 13.7 Å². The molecule has 0 radical (unpaired) electrons. The average Bonchev–Trinajstić information content (AvgIpc) is 2.12. The quantitative estimate of drug-likeness (QED) is 0.568. The van der Waals surface area contributed by atoms with Crippen molar-refractivity contribution in [3.05, 3.63) is 0 Å². The minimum atomic E-state index is -0.731. The van der Waals surface area contributed by atoms with E-state index in [1.165, 1.54) is 7.11 Å². The molecule has 0 aliphatic carbocycles. The summed E-state index contributed by atoms with van der Waals surface area (Å²) in [6.45, 7) is 3.78. The van der Waals surface area contributed by atoms with Gasteiger partial charge >= 0.3 is 6.16 Å². The average molecular weight is 250 g/mol. The van der Waals surface area contributed by atoms with Crippen molar-refractivity contribution in [3.8, 4) is 6.07 Å². The number of methoxy groups -OCH3 is 1. The van der Waals surface area contributed by atoms with Crippen LogP contribution in [0.1, 0.15) is 13.8 Å². The first kappa shape index (κ1) is 12.2. The molecule has 13 heavy (non-hydrogen) atoms. The molecule has 0 heterocycles. The number of nitrogens with zero attached hydrogens (tertiary/aromatic N) is 1. The summed E-state index contributed by atoms with van der Waals surface area (Å²) in [5, 5.41) is 8.62. The molecule has 0 aliphatic heterocycles. The van der Waals surface area contributed by atoms with Gasteiger partial charge in [0.25, 0.3) is 0 Å². The summed E-state index contributed by atoms with van der Waals surface area (Å²) in [4.78, 5) is 10.3. The van der Waals surface area contributed by atoms with Crippen LogP contribution < -0.4 is 0 Å². The van der Waals surface area contributed by atoms with Crippen molar-refractivity contribution in [2.24, 2.45) is 5.41 Å². The van der Waals surface area contributed by atoms with E-state index in [2.05, 4.69) is 20.7 Å². The van der Waals surface area contributed by atoms with E-state index >= 15 is 0 Å². The highest BCUT2D eigenvalue weighted by atomic mass is 79.9. The molecular weight excluding hydrogens is 238 g/mol. The van der Waals surface area contributed by atoms with Gasteiger partial charge in [0.15, 0.2) is 0 Å². The molecule has 0 saturated heterocycles. The van der Waals surface area contributed by atoms with Gasteiger partial charge in [0.05, 0.1) is 13.2 Å². The smallest absolute Gasteiger partial charge is 0.438 e. The summed E-state index contributed by atoms with van der Waals surface area (Å²) in [6, 6.07) is 2.03. The molecule has 0 aliphatic rings. The number of carbonyl (C=O) groups is 1. The summed E-state index contributed by atoms with van der Waals surface area (Å²) < 4.78 is 9.04. The maximum absolute atomic E-state index is 10.6. The summed E-state index contributed by atoms with van der Waals surface area (Å²) in [7, 11) is 1.24. The summed E-state index contributed by atoms with van der Waals surface area (Å²) in [5.41, 5.74) is -0.428. The second-order valence-electron chi connectivity index (χ2n) is 3.22. The fourth-order valence-corrected chi connectivity index (χ4v) is 0.684. The molecule has 0 rings (SSSR count). The summed E-state index contributed by atoms with van der Waals surface area (Å²) >= 11 is 3.18. The van der Waals surface area contributed by atoms with Crippen LogP contribution in [0.15, 0.2) is 0 Å². The molecule has 5 heteroatoms. The topological polar surface area (TPSA) is 59.3 Å². The normalized spacial score (nSPS) is 12.8. The highest BCUT2D eigenvalue weighted by Crippen LogP contribution is 2.26. The number of nitriles is 1. The minimum absolute atomic E-state index is 0.142. The zero-order valence-electron chi connectivity index (χ0n) is 7.83. The summed E-state index contributed by atoms with van der Waals surface area (Å²) in [5.74, 6) is 0. The molecule has 74 valence electrons. The Bertz CT molecular complexity index is 222. The molecular formula is C8H12BrNO3. The van der Waals surface area contributed by atoms with Crippen LogP contribution in [0.5, 0.6) is 0 Å². The molecule has 0 fully saturated rings. The monoisotopic (exact) mass is 249 g/mol. The molecule has 1 unspecified atom stereocenters. The lowest BCUT2D eigenvalue weighted by molar-refractivity contribution is 0.0455. The molecule has 0 bridgehead atoms. The van der Waals surface area contributed by atoms with E-state index in [9.17, 15) is 4.79 Å². The first-order valence-electron chi connectivity index (χ1n) is 3.68. The van der Waals surface area contributed by atoms with Crippen LogP contribution in [-0.2, 0) is 9.47 Å². The van der Waals surface area contributed by atoms with Crippen molar-refractivity contribution in [3.63, 3.8) is 0 Å². The van der Waals surface area contributed by atoms with Gasteiger partial charge in [0.2, 0.25) is 0 Å². The number of hydrogen-bond donors (Lipinski definition) is 0. The van der Waals surface area contributed by atoms with Gasteiger partial charge in [-0.3, -0.25) is 0 Å². The van der Waals surface area contributed by atoms with E-state index in [-0.39, 0.29) is 11.4 Å². The van der Waals surface area contributed by atoms with Gasteiger partial charge in [-0.15, -0.1) is 0 Å². The third-order valence-corrected chi connectivity index (χ3v) is 2.97. The SMILES string of the molecule is COC(=O)OCC(C)(C)C(Br)C#N. The van der Waals surface area contributed by atoms with Crippen LogP contribution in [0.4, 0.5) is 4.79 Å². The van der Waals surface area contributed by atoms with E-state index in [1.54, 1.807) is 0 Å². The Hall–Kier alpha value is -0.760. The van der Waals surface area contributed by atoms with Gasteiger partial charge in [-0.25, -0.2) is 4.79 Å². The van der Waals surface area contributed by atoms with Crippen LogP contribution in [0.2, 0.25) is 0 Å². The van der Waals surface area contributed by atoms with E-state index in [4.69, 9.17) is 10.00 Å². The third kappa shape index (κ3) is 4.13. The fraction of sp³-hybridized carbons (Fsp3) is 0.750. The van der Waals surface area contributed by atoms with E-state index in [0.29, 0.717) is 0 Å². The highest BCUT2D eigenvalue weighted by molar-refractivity contribution is 9.09. The largest absolute Gasteiger partial charge is 0.507 e. The Morgan fingerprint density at radius 3 is 2.62 bits per heavy atom. The van der Waals surface area contributed by atoms with Crippen molar-refractivity contribution >= 4 is 22.1 Å². The molecule has 0 amide bonds. The molecule has 1 atom stereocenters. The Kier molecular flexibility index (Phi) is 4.78. The van der Waals surface area contributed by atoms with Gasteiger partial charge in [0, 0.05) is 5.41 Å². The lowest BCUT2D eigenvalue weighted by Gasteiger charge is -2.24. The standard InChI is InChI=1S/C8H12BrNO3/c1-8(2,6(9)4-10)5-13-7(11)12-3/h6H,5H2,1-3H3. The maximum Gasteiger partial charge on any atom is 0.507 e. The van der Waals surface area contributed by atoms with E-state index in [0.717, 1.165) is 0 Å². The maximum atomic E-state index is 10.6. The lowest BCUT2D eigenvalue weighted by atomic mass is 9.91. The van der Waals surface area contributed by atoms with E-state index < -0.39 is 11.6 Å². The number of ether oxygens (including phenoxy) is 2. The molecule has 0 aromatic rings. The zero-order valence-corrected chi connectivity index (χ0v) is 9.42. The minimum Gasteiger partial charge on any atom is -0.438 e. The number of halogens is 1. The van der Waals surface area contributed by atoms with Gasteiger partial charge < -0.3 is 9.47 Å². The third-order valence-electron chi connectivity index (χ3n) is 1.53. The first-order valence-corrected chi connectivity index (χ1v) is 4.60. The Labute approximate surface area is 85.9 Å². The van der Waals surface area contributed by atoms with Crippen LogP contribution in [-0.4, -0.2) is 24.7 Å². The Morgan fingerprint density at radius 2 is 2.23 bits per heavy atom. The van der Waals surface area contributed by atoms with Gasteiger partial charge in [-0.2, -0.15) is 5.26 Å². The number of carbonyl (C=O) groups excluding carboxylic acids is 1. The number of hydrogen-bond acceptors (Lipinski definition) is 4. The number of rotatable bonds is 3. The first-order chi connectivity index (χ1) is 5.94. The van der Waals surface area contributed by atoms with Crippen molar-refractivity contribution in [1.29, 1.82) is 5.26 Å². The second kappa shape index (κ2) is 5.07. The number of alkyl halides is 1. The van der Waals surface area contributed by atoms with Gasteiger partial charge in [-0.1, -0.05) is 29.8 Å². The van der Waals surface area contributed by atoms with Gasteiger partial charge in [-0.05, 0) is 0 Å². The van der Waals surface area contributed by atoms with Crippen molar-refractivity contribution < 1.29 is 14.3 Å². The molecule has 0 spiro atoms. The highest BCUT2D eigenvalue weighted by Gasteiger charge is 2.29. The van der Waals surface area contributed by atoms with Crippen LogP contribution in [0.3, 0.4) is 0 Å². The van der Waals surface area contributed by atoms with Crippen LogP contribution in [0, 0.1) is 16.7 Å². The lowest BCUT2D eigenvalue weighted by Crippen LogP contribution is -2.30. The van der Waals surface area contributed by atoms with Gasteiger partial charge in [0.1, 0.15) is 11.4 Å². The van der Waals surface area contributed by atoms with E-state index in [1.807, 2.05) is 19.9 Å². The Balaban J connectivity index is 4.04. The fourth-order valence-electron chi connectivity index (χ4n) is 0.552. The predicted molar refractivity (Wildman–Crippen MR) is 50.5 cm³/mol. The second-order valence-corrected chi connectivity index (χ2v) is 4.14. The molecule has 0 saturated carbocycles. The summed E-state index contributed by atoms with van der Waals surface area (Å²) in [6.07, 6.45) is -0.731. The van der Waals surface area contributed by atoms with Crippen molar-refractivity contribution in [1.82, 2.24) is 0 Å².